The monoisotopic (exact) mass is 470 g/mol. The third-order valence-corrected chi connectivity index (χ3v) is 8.01. The van der Waals surface area contributed by atoms with E-state index in [9.17, 15) is 5.21 Å². The van der Waals surface area contributed by atoms with Crippen LogP contribution in [0.15, 0.2) is 78.9 Å². The second-order valence-corrected chi connectivity index (χ2v) is 10.2. The van der Waals surface area contributed by atoms with Crippen molar-refractivity contribution in [2.75, 3.05) is 31.1 Å². The molecule has 182 valence electrons. The molecule has 1 unspecified atom stereocenters. The molecule has 0 aromatic heterocycles. The fraction of sp³-hybridized carbons (Fsp3) is 0.400. The molecule has 2 fully saturated rings. The van der Waals surface area contributed by atoms with Crippen LogP contribution in [0.1, 0.15) is 49.3 Å². The SMILES string of the molecule is [O-][N+]1(C(c2ccccc2)c2ccccc2)CCN(c2ccc3c(c2)OC(C2CCCCC2)O3)CC1. The van der Waals surface area contributed by atoms with Crippen LogP contribution in [0.5, 0.6) is 11.5 Å². The molecule has 35 heavy (non-hydrogen) atoms. The summed E-state index contributed by atoms with van der Waals surface area (Å²) < 4.78 is 12.2. The molecule has 3 aromatic carbocycles. The van der Waals surface area contributed by atoms with Crippen molar-refractivity contribution in [1.29, 1.82) is 0 Å². The maximum atomic E-state index is 14.3. The summed E-state index contributed by atoms with van der Waals surface area (Å²) in [6, 6.07) is 26.5. The number of benzene rings is 3. The van der Waals surface area contributed by atoms with Crippen LogP contribution >= 0.6 is 0 Å². The van der Waals surface area contributed by atoms with Crippen molar-refractivity contribution in [2.45, 2.75) is 44.4 Å². The van der Waals surface area contributed by atoms with E-state index in [0.717, 1.165) is 28.3 Å². The summed E-state index contributed by atoms with van der Waals surface area (Å²) in [6.45, 7) is 2.50. The van der Waals surface area contributed by atoms with Crippen LogP contribution in [-0.2, 0) is 0 Å². The summed E-state index contributed by atoms with van der Waals surface area (Å²) in [6.07, 6.45) is 6.09. The van der Waals surface area contributed by atoms with Gasteiger partial charge in [0.05, 0.1) is 26.2 Å². The number of fused-ring (bicyclic) bond motifs is 1. The van der Waals surface area contributed by atoms with Crippen molar-refractivity contribution in [3.8, 4) is 11.5 Å². The number of quaternary nitrogens is 1. The molecule has 3 aliphatic rings. The van der Waals surface area contributed by atoms with E-state index in [1.807, 2.05) is 42.5 Å². The first-order valence-electron chi connectivity index (χ1n) is 13.1. The fourth-order valence-electron chi connectivity index (χ4n) is 6.08. The molecule has 5 heteroatoms. The summed E-state index contributed by atoms with van der Waals surface area (Å²) in [7, 11) is 0. The second-order valence-electron chi connectivity index (χ2n) is 10.2. The van der Waals surface area contributed by atoms with E-state index in [4.69, 9.17) is 9.47 Å². The van der Waals surface area contributed by atoms with Crippen molar-refractivity contribution in [3.05, 3.63) is 95.2 Å². The summed E-state index contributed by atoms with van der Waals surface area (Å²) in [5.41, 5.74) is 3.27. The fourth-order valence-corrected chi connectivity index (χ4v) is 6.08. The normalized spacial score (nSPS) is 21.9. The van der Waals surface area contributed by atoms with Crippen LogP contribution in [0.3, 0.4) is 0 Å². The minimum atomic E-state index is -0.237. The molecule has 0 radical (unpaired) electrons. The molecule has 1 saturated carbocycles. The van der Waals surface area contributed by atoms with Crippen LogP contribution < -0.4 is 14.4 Å². The van der Waals surface area contributed by atoms with Gasteiger partial charge < -0.3 is 24.2 Å². The lowest BCUT2D eigenvalue weighted by molar-refractivity contribution is -0.906. The van der Waals surface area contributed by atoms with Crippen molar-refractivity contribution in [2.24, 2.45) is 5.92 Å². The van der Waals surface area contributed by atoms with E-state index in [2.05, 4.69) is 41.3 Å². The lowest BCUT2D eigenvalue weighted by Gasteiger charge is -2.53. The molecule has 2 heterocycles. The Bertz CT molecular complexity index is 1080. The molecule has 6 rings (SSSR count). The Kier molecular flexibility index (Phi) is 6.13. The van der Waals surface area contributed by atoms with Gasteiger partial charge in [0, 0.05) is 28.8 Å². The van der Waals surface area contributed by atoms with Gasteiger partial charge in [-0.15, -0.1) is 0 Å². The highest BCUT2D eigenvalue weighted by atomic mass is 16.7. The van der Waals surface area contributed by atoms with Crippen molar-refractivity contribution in [1.82, 2.24) is 0 Å². The van der Waals surface area contributed by atoms with Gasteiger partial charge in [-0.25, -0.2) is 0 Å². The van der Waals surface area contributed by atoms with Gasteiger partial charge in [0.15, 0.2) is 11.5 Å². The maximum absolute atomic E-state index is 14.3. The number of hydrogen-bond donors (Lipinski definition) is 0. The quantitative estimate of drug-likeness (QED) is 0.325. The van der Waals surface area contributed by atoms with Gasteiger partial charge in [-0.2, -0.15) is 0 Å². The highest BCUT2D eigenvalue weighted by Crippen LogP contribution is 2.43. The Labute approximate surface area is 208 Å². The largest absolute Gasteiger partial charge is 0.632 e. The van der Waals surface area contributed by atoms with Crippen molar-refractivity contribution >= 4 is 5.69 Å². The average molecular weight is 471 g/mol. The van der Waals surface area contributed by atoms with Gasteiger partial charge in [-0.05, 0) is 25.0 Å². The van der Waals surface area contributed by atoms with Gasteiger partial charge in [-0.1, -0.05) is 79.9 Å². The molecule has 0 bridgehead atoms. The lowest BCUT2D eigenvalue weighted by Crippen LogP contribution is -2.58. The predicted molar refractivity (Wildman–Crippen MR) is 138 cm³/mol. The molecular formula is C30H34N2O3. The summed E-state index contributed by atoms with van der Waals surface area (Å²) in [4.78, 5) is 2.32. The standard InChI is InChI=1S/C30H34N2O3/c33-32(29(23-10-4-1-5-11-23)24-12-6-2-7-13-24)20-18-31(19-21-32)26-16-17-27-28(22-26)35-30(34-27)25-14-8-3-9-15-25/h1-2,4-7,10-13,16-17,22,25,29-30H,3,8-9,14-15,18-21H2. The second kappa shape index (κ2) is 9.56. The van der Waals surface area contributed by atoms with Gasteiger partial charge in [0.25, 0.3) is 0 Å². The molecule has 1 saturated heterocycles. The van der Waals surface area contributed by atoms with E-state index in [1.54, 1.807) is 0 Å². The van der Waals surface area contributed by atoms with Crippen molar-refractivity contribution in [3.63, 3.8) is 0 Å². The van der Waals surface area contributed by atoms with Crippen LogP contribution in [0.25, 0.3) is 0 Å². The Morgan fingerprint density at radius 1 is 0.743 bits per heavy atom. The van der Waals surface area contributed by atoms with Crippen LogP contribution in [-0.4, -0.2) is 37.1 Å². The minimum Gasteiger partial charge on any atom is -0.632 e. The minimum absolute atomic E-state index is 0.148. The highest BCUT2D eigenvalue weighted by Gasteiger charge is 2.37. The van der Waals surface area contributed by atoms with Gasteiger partial charge in [-0.3, -0.25) is 0 Å². The van der Waals surface area contributed by atoms with Gasteiger partial charge >= 0.3 is 0 Å². The third-order valence-electron chi connectivity index (χ3n) is 8.01. The number of ether oxygens (including phenoxy) is 2. The zero-order valence-electron chi connectivity index (χ0n) is 20.2. The number of nitrogens with zero attached hydrogens (tertiary/aromatic N) is 2. The van der Waals surface area contributed by atoms with Crippen molar-refractivity contribution < 1.29 is 14.1 Å². The molecule has 5 nitrogen and oxygen atoms in total. The highest BCUT2D eigenvalue weighted by molar-refractivity contribution is 5.57. The Morgan fingerprint density at radius 3 is 1.97 bits per heavy atom. The Morgan fingerprint density at radius 2 is 1.34 bits per heavy atom. The zero-order chi connectivity index (χ0) is 23.7. The summed E-state index contributed by atoms with van der Waals surface area (Å²) in [5, 5.41) is 14.3. The Balaban J connectivity index is 1.18. The van der Waals surface area contributed by atoms with E-state index in [-0.39, 0.29) is 17.0 Å². The van der Waals surface area contributed by atoms with Gasteiger partial charge in [0.1, 0.15) is 6.04 Å². The first-order chi connectivity index (χ1) is 17.2. The number of hydroxylamine groups is 3. The number of hydrogen-bond acceptors (Lipinski definition) is 4. The molecular weight excluding hydrogens is 436 g/mol. The van der Waals surface area contributed by atoms with Crippen LogP contribution in [0.2, 0.25) is 0 Å². The molecule has 1 aliphatic carbocycles. The van der Waals surface area contributed by atoms with E-state index < -0.39 is 0 Å². The smallest absolute Gasteiger partial charge is 0.244 e. The molecule has 0 amide bonds. The number of anilines is 1. The molecule has 0 spiro atoms. The van der Waals surface area contributed by atoms with Gasteiger partial charge in [0.2, 0.25) is 6.29 Å². The average Bonchev–Trinajstić information content (AvgIpc) is 3.35. The summed E-state index contributed by atoms with van der Waals surface area (Å²) in [5.74, 6) is 2.18. The van der Waals surface area contributed by atoms with E-state index in [1.165, 1.54) is 32.1 Å². The molecule has 1 atom stereocenters. The first kappa shape index (κ1) is 22.4. The maximum Gasteiger partial charge on any atom is 0.244 e. The van der Waals surface area contributed by atoms with E-state index >= 15 is 0 Å². The summed E-state index contributed by atoms with van der Waals surface area (Å²) >= 11 is 0. The Hall–Kier alpha value is -3.02. The van der Waals surface area contributed by atoms with Crippen LogP contribution in [0, 0.1) is 11.1 Å². The number of rotatable bonds is 5. The molecule has 2 aliphatic heterocycles. The molecule has 3 aromatic rings. The first-order valence-corrected chi connectivity index (χ1v) is 13.1. The zero-order valence-corrected chi connectivity index (χ0v) is 20.2. The number of piperazine rings is 1. The van der Waals surface area contributed by atoms with Crippen LogP contribution in [0.4, 0.5) is 5.69 Å². The predicted octanol–water partition coefficient (Wildman–Crippen LogP) is 6.29. The molecule has 0 N–H and O–H groups in total. The topological polar surface area (TPSA) is 44.8 Å². The third kappa shape index (κ3) is 4.51. The lowest BCUT2D eigenvalue weighted by atomic mass is 9.89. The van der Waals surface area contributed by atoms with E-state index in [0.29, 0.717) is 32.1 Å².